The molecule has 0 aromatic heterocycles. The van der Waals surface area contributed by atoms with Gasteiger partial charge in [0.1, 0.15) is 5.75 Å². The Labute approximate surface area is 98.6 Å². The van der Waals surface area contributed by atoms with Crippen LogP contribution in [0.15, 0.2) is 18.2 Å². The van der Waals surface area contributed by atoms with Gasteiger partial charge in [0.2, 0.25) is 5.91 Å². The summed E-state index contributed by atoms with van der Waals surface area (Å²) >= 11 is 5.74. The van der Waals surface area contributed by atoms with Crippen LogP contribution in [0.3, 0.4) is 0 Å². The lowest BCUT2D eigenvalue weighted by Gasteiger charge is -2.11. The maximum atomic E-state index is 11.7. The number of carbonyl (C=O) groups is 1. The van der Waals surface area contributed by atoms with Crippen LogP contribution in [0.5, 0.6) is 5.75 Å². The highest BCUT2D eigenvalue weighted by Crippen LogP contribution is 2.26. The molecule has 1 atom stereocenters. The molecule has 1 heterocycles. The Morgan fingerprint density at radius 3 is 3.00 bits per heavy atom. The van der Waals surface area contributed by atoms with E-state index in [9.17, 15) is 9.90 Å². The van der Waals surface area contributed by atoms with Gasteiger partial charge in [0.25, 0.3) is 0 Å². The third-order valence-corrected chi connectivity index (χ3v) is 2.89. The van der Waals surface area contributed by atoms with Crippen molar-refractivity contribution in [1.82, 2.24) is 5.32 Å². The van der Waals surface area contributed by atoms with E-state index in [1.54, 1.807) is 6.07 Å². The maximum Gasteiger partial charge on any atom is 0.241 e. The van der Waals surface area contributed by atoms with E-state index in [2.05, 4.69) is 10.6 Å². The number of amides is 1. The van der Waals surface area contributed by atoms with Crippen LogP contribution in [0.1, 0.15) is 12.8 Å². The van der Waals surface area contributed by atoms with Gasteiger partial charge < -0.3 is 15.7 Å². The van der Waals surface area contributed by atoms with Crippen LogP contribution >= 0.6 is 11.6 Å². The number of aromatic hydroxyl groups is 1. The molecule has 0 aliphatic carbocycles. The predicted octanol–water partition coefficient (Wildman–Crippen LogP) is 1.74. The fourth-order valence-electron chi connectivity index (χ4n) is 1.72. The summed E-state index contributed by atoms with van der Waals surface area (Å²) in [5.41, 5.74) is 0.599. The van der Waals surface area contributed by atoms with E-state index >= 15 is 0 Å². The molecular formula is C11H13ClN2O2. The Hall–Kier alpha value is -1.26. The summed E-state index contributed by atoms with van der Waals surface area (Å²) in [4.78, 5) is 11.7. The van der Waals surface area contributed by atoms with Crippen LogP contribution < -0.4 is 10.6 Å². The molecule has 1 aliphatic heterocycles. The van der Waals surface area contributed by atoms with Crippen molar-refractivity contribution in [1.29, 1.82) is 0 Å². The van der Waals surface area contributed by atoms with Crippen molar-refractivity contribution in [3.8, 4) is 5.75 Å². The Bertz CT molecular complexity index is 403. The lowest BCUT2D eigenvalue weighted by molar-refractivity contribution is -0.117. The molecule has 5 heteroatoms. The van der Waals surface area contributed by atoms with Gasteiger partial charge in [-0.1, -0.05) is 11.6 Å². The molecule has 16 heavy (non-hydrogen) atoms. The molecule has 0 bridgehead atoms. The zero-order chi connectivity index (χ0) is 11.5. The lowest BCUT2D eigenvalue weighted by Crippen LogP contribution is -2.35. The van der Waals surface area contributed by atoms with Gasteiger partial charge in [-0.15, -0.1) is 0 Å². The summed E-state index contributed by atoms with van der Waals surface area (Å²) in [7, 11) is 0. The smallest absolute Gasteiger partial charge is 0.241 e. The number of hydrogen-bond donors (Lipinski definition) is 3. The third-order valence-electron chi connectivity index (χ3n) is 2.59. The van der Waals surface area contributed by atoms with E-state index in [1.807, 2.05) is 0 Å². The summed E-state index contributed by atoms with van der Waals surface area (Å²) < 4.78 is 0. The van der Waals surface area contributed by atoms with Gasteiger partial charge in [-0.3, -0.25) is 4.79 Å². The molecule has 86 valence electrons. The third kappa shape index (κ3) is 2.46. The van der Waals surface area contributed by atoms with E-state index in [0.29, 0.717) is 5.69 Å². The lowest BCUT2D eigenvalue weighted by atomic mass is 10.2. The summed E-state index contributed by atoms with van der Waals surface area (Å²) in [5, 5.41) is 15.3. The molecule has 1 unspecified atom stereocenters. The number of phenols is 1. The van der Waals surface area contributed by atoms with Crippen molar-refractivity contribution in [2.75, 3.05) is 11.9 Å². The molecule has 3 N–H and O–H groups in total. The normalized spacial score (nSPS) is 19.7. The highest BCUT2D eigenvalue weighted by molar-refractivity contribution is 6.32. The molecule has 1 fully saturated rings. The van der Waals surface area contributed by atoms with Gasteiger partial charge in [-0.2, -0.15) is 0 Å². The molecule has 2 rings (SSSR count). The van der Waals surface area contributed by atoms with Crippen LogP contribution in [-0.4, -0.2) is 23.6 Å². The van der Waals surface area contributed by atoms with Crippen molar-refractivity contribution < 1.29 is 9.90 Å². The van der Waals surface area contributed by atoms with Crippen molar-refractivity contribution in [3.63, 3.8) is 0 Å². The zero-order valence-corrected chi connectivity index (χ0v) is 9.42. The minimum Gasteiger partial charge on any atom is -0.506 e. The summed E-state index contributed by atoms with van der Waals surface area (Å²) in [6.07, 6.45) is 1.88. The summed E-state index contributed by atoms with van der Waals surface area (Å²) in [6, 6.07) is 4.49. The van der Waals surface area contributed by atoms with Gasteiger partial charge in [-0.05, 0) is 37.6 Å². The maximum absolute atomic E-state index is 11.7. The molecule has 4 nitrogen and oxygen atoms in total. The number of hydrogen-bond acceptors (Lipinski definition) is 3. The molecule has 1 aromatic rings. The first-order valence-electron chi connectivity index (χ1n) is 5.19. The van der Waals surface area contributed by atoms with Crippen molar-refractivity contribution in [3.05, 3.63) is 23.2 Å². The standard InChI is InChI=1S/C11H13ClN2O2/c12-8-6-7(3-4-10(8)15)14-11(16)9-2-1-5-13-9/h3-4,6,9,13,15H,1-2,5H2,(H,14,16). The van der Waals surface area contributed by atoms with Gasteiger partial charge >= 0.3 is 0 Å². The second kappa shape index (κ2) is 4.72. The number of halogens is 1. The molecule has 0 saturated carbocycles. The van der Waals surface area contributed by atoms with Crippen molar-refractivity contribution in [2.24, 2.45) is 0 Å². The van der Waals surface area contributed by atoms with Crippen LogP contribution in [0, 0.1) is 0 Å². The van der Waals surface area contributed by atoms with Gasteiger partial charge in [-0.25, -0.2) is 0 Å². The minimum atomic E-state index is -0.118. The Kier molecular flexibility index (Phi) is 3.31. The molecule has 1 amide bonds. The molecule has 1 aromatic carbocycles. The first-order chi connectivity index (χ1) is 7.66. The summed E-state index contributed by atoms with van der Waals surface area (Å²) in [6.45, 7) is 0.883. The number of benzene rings is 1. The zero-order valence-electron chi connectivity index (χ0n) is 8.66. The largest absolute Gasteiger partial charge is 0.506 e. The van der Waals surface area contributed by atoms with E-state index in [0.717, 1.165) is 19.4 Å². The van der Waals surface area contributed by atoms with Gasteiger partial charge in [0, 0.05) is 5.69 Å². The highest BCUT2D eigenvalue weighted by Gasteiger charge is 2.21. The molecule has 0 radical (unpaired) electrons. The Morgan fingerprint density at radius 1 is 1.56 bits per heavy atom. The van der Waals surface area contributed by atoms with Crippen LogP contribution in [0.25, 0.3) is 0 Å². The van der Waals surface area contributed by atoms with Crippen LogP contribution in [0.2, 0.25) is 5.02 Å². The van der Waals surface area contributed by atoms with Gasteiger partial charge in [0.05, 0.1) is 11.1 Å². The number of carbonyl (C=O) groups excluding carboxylic acids is 1. The first-order valence-corrected chi connectivity index (χ1v) is 5.57. The molecular weight excluding hydrogens is 228 g/mol. The van der Waals surface area contributed by atoms with Crippen molar-refractivity contribution in [2.45, 2.75) is 18.9 Å². The van der Waals surface area contributed by atoms with E-state index in [-0.39, 0.29) is 22.7 Å². The highest BCUT2D eigenvalue weighted by atomic mass is 35.5. The SMILES string of the molecule is O=C(Nc1ccc(O)c(Cl)c1)C1CCCN1. The fraction of sp³-hybridized carbons (Fsp3) is 0.364. The second-order valence-corrected chi connectivity index (χ2v) is 4.21. The molecule has 1 saturated heterocycles. The molecule has 1 aliphatic rings. The second-order valence-electron chi connectivity index (χ2n) is 3.80. The number of anilines is 1. The quantitative estimate of drug-likeness (QED) is 0.690. The average molecular weight is 241 g/mol. The predicted molar refractivity (Wildman–Crippen MR) is 62.8 cm³/mol. The van der Waals surface area contributed by atoms with Crippen LogP contribution in [-0.2, 0) is 4.79 Å². The monoisotopic (exact) mass is 240 g/mol. The fourth-order valence-corrected chi connectivity index (χ4v) is 1.90. The Balaban J connectivity index is 2.02. The number of rotatable bonds is 2. The van der Waals surface area contributed by atoms with Crippen LogP contribution in [0.4, 0.5) is 5.69 Å². The van der Waals surface area contributed by atoms with Crippen molar-refractivity contribution >= 4 is 23.2 Å². The first kappa shape index (κ1) is 11.2. The Morgan fingerprint density at radius 2 is 2.38 bits per heavy atom. The molecule has 0 spiro atoms. The number of nitrogens with one attached hydrogen (secondary N) is 2. The van der Waals surface area contributed by atoms with Gasteiger partial charge in [0.15, 0.2) is 0 Å². The topological polar surface area (TPSA) is 61.4 Å². The minimum absolute atomic E-state index is 0.0126. The van der Waals surface area contributed by atoms with E-state index in [1.165, 1.54) is 12.1 Å². The number of phenolic OH excluding ortho intramolecular Hbond substituents is 1. The average Bonchev–Trinajstić information content (AvgIpc) is 2.77. The van der Waals surface area contributed by atoms with E-state index in [4.69, 9.17) is 11.6 Å². The van der Waals surface area contributed by atoms with E-state index < -0.39 is 0 Å². The summed E-state index contributed by atoms with van der Waals surface area (Å²) in [5.74, 6) is -0.0436.